The van der Waals surface area contributed by atoms with Gasteiger partial charge in [0, 0.05) is 11.6 Å². The van der Waals surface area contributed by atoms with Crippen LogP contribution in [0.2, 0.25) is 0 Å². The number of alkyl halides is 3. The first-order chi connectivity index (χ1) is 8.36. The summed E-state index contributed by atoms with van der Waals surface area (Å²) in [5.41, 5.74) is 7.11. The van der Waals surface area contributed by atoms with Crippen LogP contribution in [0, 0.1) is 6.92 Å². The quantitative estimate of drug-likeness (QED) is 0.849. The van der Waals surface area contributed by atoms with Gasteiger partial charge in [0.05, 0.1) is 5.69 Å². The summed E-state index contributed by atoms with van der Waals surface area (Å²) in [4.78, 5) is 6.68. The van der Waals surface area contributed by atoms with Gasteiger partial charge in [0.25, 0.3) is 0 Å². The number of hydrogen-bond donors (Lipinski definition) is 1. The molecule has 0 amide bonds. The topological polar surface area (TPSA) is 51.8 Å². The highest BCUT2D eigenvalue weighted by Crippen LogP contribution is 2.29. The Morgan fingerprint density at radius 2 is 1.67 bits per heavy atom. The molecule has 0 saturated heterocycles. The normalized spacial score (nSPS) is 11.6. The summed E-state index contributed by atoms with van der Waals surface area (Å²) in [6.45, 7) is 1.89. The molecule has 0 bridgehead atoms. The number of rotatable bonds is 1. The Balaban J connectivity index is 2.52. The monoisotopic (exact) mass is 253 g/mol. The predicted molar refractivity (Wildman–Crippen MR) is 61.6 cm³/mol. The standard InChI is InChI=1S/C12H10F3N3/c1-7-2-4-8(5-3-7)9-6-10(16)18-11(17-9)12(13,14)15/h2-6H,1H3,(H2,16,17,18). The van der Waals surface area contributed by atoms with Gasteiger partial charge in [-0.1, -0.05) is 29.8 Å². The molecule has 0 saturated carbocycles. The molecule has 0 spiro atoms. The molecule has 0 unspecified atom stereocenters. The van der Waals surface area contributed by atoms with Crippen molar-refractivity contribution in [2.45, 2.75) is 13.1 Å². The largest absolute Gasteiger partial charge is 0.451 e. The Morgan fingerprint density at radius 1 is 1.06 bits per heavy atom. The highest BCUT2D eigenvalue weighted by atomic mass is 19.4. The van der Waals surface area contributed by atoms with E-state index in [1.807, 2.05) is 6.92 Å². The maximum Gasteiger partial charge on any atom is 0.451 e. The summed E-state index contributed by atoms with van der Waals surface area (Å²) in [6, 6.07) is 8.29. The van der Waals surface area contributed by atoms with Gasteiger partial charge in [-0.25, -0.2) is 9.97 Å². The van der Waals surface area contributed by atoms with E-state index in [9.17, 15) is 13.2 Å². The van der Waals surface area contributed by atoms with Crippen LogP contribution in [-0.2, 0) is 6.18 Å². The molecule has 1 aromatic carbocycles. The van der Waals surface area contributed by atoms with Crippen LogP contribution in [0.5, 0.6) is 0 Å². The molecule has 2 aromatic rings. The molecule has 1 aromatic heterocycles. The molecular weight excluding hydrogens is 243 g/mol. The average molecular weight is 253 g/mol. The molecule has 6 heteroatoms. The smallest absolute Gasteiger partial charge is 0.384 e. The molecule has 2 rings (SSSR count). The molecule has 2 N–H and O–H groups in total. The van der Waals surface area contributed by atoms with Crippen LogP contribution in [0.3, 0.4) is 0 Å². The van der Waals surface area contributed by atoms with Crippen molar-refractivity contribution in [2.75, 3.05) is 5.73 Å². The first-order valence-corrected chi connectivity index (χ1v) is 5.15. The summed E-state index contributed by atoms with van der Waals surface area (Å²) in [5, 5.41) is 0. The van der Waals surface area contributed by atoms with Gasteiger partial charge in [0.2, 0.25) is 5.82 Å². The van der Waals surface area contributed by atoms with Crippen LogP contribution < -0.4 is 5.73 Å². The van der Waals surface area contributed by atoms with Crippen molar-refractivity contribution in [1.29, 1.82) is 0 Å². The summed E-state index contributed by atoms with van der Waals surface area (Å²) >= 11 is 0. The zero-order chi connectivity index (χ0) is 13.3. The third-order valence-electron chi connectivity index (χ3n) is 2.35. The lowest BCUT2D eigenvalue weighted by molar-refractivity contribution is -0.144. The first kappa shape index (κ1) is 12.3. The van der Waals surface area contributed by atoms with Crippen molar-refractivity contribution >= 4 is 5.82 Å². The molecule has 0 aliphatic rings. The maximum absolute atomic E-state index is 12.5. The van der Waals surface area contributed by atoms with Gasteiger partial charge in [0.15, 0.2) is 0 Å². The molecule has 1 heterocycles. The molecule has 0 aliphatic carbocycles. The van der Waals surface area contributed by atoms with Crippen molar-refractivity contribution in [2.24, 2.45) is 0 Å². The van der Waals surface area contributed by atoms with Gasteiger partial charge in [-0.05, 0) is 6.92 Å². The lowest BCUT2D eigenvalue weighted by Gasteiger charge is -2.08. The molecule has 0 aliphatic heterocycles. The van der Waals surface area contributed by atoms with Crippen LogP contribution in [0.15, 0.2) is 30.3 Å². The van der Waals surface area contributed by atoms with Gasteiger partial charge in [0.1, 0.15) is 5.82 Å². The van der Waals surface area contributed by atoms with E-state index < -0.39 is 12.0 Å². The van der Waals surface area contributed by atoms with Crippen LogP contribution >= 0.6 is 0 Å². The Labute approximate surface area is 101 Å². The molecule has 18 heavy (non-hydrogen) atoms. The van der Waals surface area contributed by atoms with E-state index in [4.69, 9.17) is 5.73 Å². The molecular formula is C12H10F3N3. The summed E-state index contributed by atoms with van der Waals surface area (Å²) in [7, 11) is 0. The van der Waals surface area contributed by atoms with Gasteiger partial charge < -0.3 is 5.73 Å². The first-order valence-electron chi connectivity index (χ1n) is 5.15. The Bertz CT molecular complexity index is 562. The van der Waals surface area contributed by atoms with E-state index in [2.05, 4.69) is 9.97 Å². The Morgan fingerprint density at radius 3 is 2.22 bits per heavy atom. The molecule has 0 radical (unpaired) electrons. The van der Waals surface area contributed by atoms with E-state index >= 15 is 0 Å². The Hall–Kier alpha value is -2.11. The van der Waals surface area contributed by atoms with Crippen LogP contribution in [0.1, 0.15) is 11.4 Å². The number of nitrogens with zero attached hydrogens (tertiary/aromatic N) is 2. The number of benzene rings is 1. The van der Waals surface area contributed by atoms with Gasteiger partial charge in [-0.15, -0.1) is 0 Å². The Kier molecular flexibility index (Phi) is 2.94. The zero-order valence-electron chi connectivity index (χ0n) is 9.49. The number of aryl methyl sites for hydroxylation is 1. The zero-order valence-corrected chi connectivity index (χ0v) is 9.49. The number of hydrogen-bond acceptors (Lipinski definition) is 3. The fourth-order valence-electron chi connectivity index (χ4n) is 1.46. The summed E-state index contributed by atoms with van der Waals surface area (Å²) < 4.78 is 37.6. The van der Waals surface area contributed by atoms with Crippen molar-refractivity contribution in [3.8, 4) is 11.3 Å². The fraction of sp³-hybridized carbons (Fsp3) is 0.167. The minimum absolute atomic E-state index is 0.162. The molecule has 94 valence electrons. The lowest BCUT2D eigenvalue weighted by Crippen LogP contribution is -2.13. The van der Waals surface area contributed by atoms with Crippen molar-refractivity contribution < 1.29 is 13.2 Å². The summed E-state index contributed by atoms with van der Waals surface area (Å²) in [5.74, 6) is -1.43. The minimum atomic E-state index is -4.60. The molecule has 0 atom stereocenters. The second kappa shape index (κ2) is 4.29. The number of halogens is 3. The highest BCUT2D eigenvalue weighted by molar-refractivity contribution is 5.62. The second-order valence-corrected chi connectivity index (χ2v) is 3.87. The second-order valence-electron chi connectivity index (χ2n) is 3.87. The highest BCUT2D eigenvalue weighted by Gasteiger charge is 2.35. The number of nitrogens with two attached hydrogens (primary N) is 1. The maximum atomic E-state index is 12.5. The van der Waals surface area contributed by atoms with E-state index in [1.165, 1.54) is 6.07 Å². The fourth-order valence-corrected chi connectivity index (χ4v) is 1.46. The SMILES string of the molecule is Cc1ccc(-c2cc(N)nc(C(F)(F)F)n2)cc1. The van der Waals surface area contributed by atoms with Crippen molar-refractivity contribution in [3.63, 3.8) is 0 Å². The molecule has 3 nitrogen and oxygen atoms in total. The lowest BCUT2D eigenvalue weighted by atomic mass is 10.1. The molecule has 0 fully saturated rings. The minimum Gasteiger partial charge on any atom is -0.384 e. The average Bonchev–Trinajstić information content (AvgIpc) is 2.28. The third-order valence-corrected chi connectivity index (χ3v) is 2.35. The number of anilines is 1. The van der Waals surface area contributed by atoms with Crippen LogP contribution in [0.25, 0.3) is 11.3 Å². The van der Waals surface area contributed by atoms with E-state index in [-0.39, 0.29) is 11.5 Å². The van der Waals surface area contributed by atoms with Gasteiger partial charge in [-0.3, -0.25) is 0 Å². The van der Waals surface area contributed by atoms with E-state index in [1.54, 1.807) is 24.3 Å². The number of aromatic nitrogens is 2. The van der Waals surface area contributed by atoms with Crippen molar-refractivity contribution in [3.05, 3.63) is 41.7 Å². The number of nitrogen functional groups attached to an aromatic ring is 1. The van der Waals surface area contributed by atoms with Gasteiger partial charge >= 0.3 is 6.18 Å². The van der Waals surface area contributed by atoms with Crippen molar-refractivity contribution in [1.82, 2.24) is 9.97 Å². The summed E-state index contributed by atoms with van der Waals surface area (Å²) in [6.07, 6.45) is -4.60. The third kappa shape index (κ3) is 2.58. The van der Waals surface area contributed by atoms with Crippen LogP contribution in [0.4, 0.5) is 19.0 Å². The van der Waals surface area contributed by atoms with Gasteiger partial charge in [-0.2, -0.15) is 13.2 Å². The van der Waals surface area contributed by atoms with E-state index in [0.717, 1.165) is 5.56 Å². The van der Waals surface area contributed by atoms with Crippen LogP contribution in [-0.4, -0.2) is 9.97 Å². The predicted octanol–water partition coefficient (Wildman–Crippen LogP) is 3.05. The van der Waals surface area contributed by atoms with E-state index in [0.29, 0.717) is 5.56 Å².